The zero-order chi connectivity index (χ0) is 28.3. The zero-order valence-electron chi connectivity index (χ0n) is 20.8. The average Bonchev–Trinajstić information content (AvgIpc) is 3.24. The number of nitrogens with one attached hydrogen (secondary N) is 1. The summed E-state index contributed by atoms with van der Waals surface area (Å²) in [6.07, 6.45) is 1.56. The van der Waals surface area contributed by atoms with Gasteiger partial charge in [-0.05, 0) is 62.6 Å². The minimum Gasteiger partial charge on any atom is -0.480 e. The molecule has 14 heteroatoms. The summed E-state index contributed by atoms with van der Waals surface area (Å²) in [5, 5.41) is 31.5. The van der Waals surface area contributed by atoms with Gasteiger partial charge in [-0.25, -0.2) is 8.42 Å². The topological polar surface area (TPSA) is 144 Å². The van der Waals surface area contributed by atoms with Gasteiger partial charge in [-0.3, -0.25) is 13.7 Å². The van der Waals surface area contributed by atoms with E-state index in [4.69, 9.17) is 23.2 Å². The first kappa shape index (κ1) is 28.1. The normalized spacial score (nSPS) is 11.5. The van der Waals surface area contributed by atoms with Gasteiger partial charge in [0.15, 0.2) is 5.82 Å². The molecule has 0 radical (unpaired) electrons. The molecule has 0 aliphatic carbocycles. The summed E-state index contributed by atoms with van der Waals surface area (Å²) in [5.74, 6) is -0.342. The molecule has 2 aromatic heterocycles. The highest BCUT2D eigenvalue weighted by Crippen LogP contribution is 2.32. The molecule has 0 unspecified atom stereocenters. The highest BCUT2D eigenvalue weighted by Gasteiger charge is 2.28. The molecule has 39 heavy (non-hydrogen) atoms. The monoisotopic (exact) mass is 587 g/mol. The molecule has 4 aromatic rings. The van der Waals surface area contributed by atoms with Crippen molar-refractivity contribution >= 4 is 61.6 Å². The summed E-state index contributed by atoms with van der Waals surface area (Å²) in [6, 6.07) is 13.8. The van der Waals surface area contributed by atoms with E-state index in [2.05, 4.69) is 21.6 Å². The van der Waals surface area contributed by atoms with Crippen LogP contribution in [0, 0.1) is 11.3 Å². The third kappa shape index (κ3) is 6.23. The van der Waals surface area contributed by atoms with E-state index in [1.54, 1.807) is 29.0 Å². The van der Waals surface area contributed by atoms with Crippen molar-refractivity contribution in [3.05, 3.63) is 70.3 Å². The zero-order valence-corrected chi connectivity index (χ0v) is 23.2. The molecule has 0 saturated carbocycles. The fraction of sp³-hybridized carbons (Fsp3) is 0.200. The number of benzene rings is 2. The van der Waals surface area contributed by atoms with Crippen LogP contribution >= 0.6 is 23.2 Å². The standard InChI is InChI=1S/C25H23Cl2N7O4S/c1-32(2)8-7-29-23-5-6-24(31-30-23)33-14-16(13-28)21-12-19(3-4-22(21)33)34(15-25(35)36)39(37,38)20-10-17(26)9-18(27)11-20/h3-6,9-12,14H,7-8,15H2,1-2H3,(H,29,30)(H,35,36). The summed E-state index contributed by atoms with van der Waals surface area (Å²) in [4.78, 5) is 13.4. The van der Waals surface area contributed by atoms with Crippen LogP contribution in [0.25, 0.3) is 16.7 Å². The lowest BCUT2D eigenvalue weighted by Crippen LogP contribution is -2.35. The molecule has 0 atom stereocenters. The van der Waals surface area contributed by atoms with Crippen LogP contribution in [0.15, 0.2) is 59.6 Å². The minimum atomic E-state index is -4.38. The first-order chi connectivity index (χ1) is 18.5. The Morgan fingerprint density at radius 2 is 1.82 bits per heavy atom. The number of carbonyl (C=O) groups is 1. The highest BCUT2D eigenvalue weighted by atomic mass is 35.5. The van der Waals surface area contributed by atoms with Crippen molar-refractivity contribution in [1.82, 2.24) is 19.7 Å². The maximum Gasteiger partial charge on any atom is 0.324 e. The van der Waals surface area contributed by atoms with Crippen LogP contribution in [0.5, 0.6) is 0 Å². The average molecular weight is 588 g/mol. The number of aromatic nitrogens is 3. The van der Waals surface area contributed by atoms with E-state index in [0.717, 1.165) is 10.8 Å². The van der Waals surface area contributed by atoms with Crippen molar-refractivity contribution in [3.8, 4) is 11.9 Å². The number of anilines is 2. The number of nitrogens with zero attached hydrogens (tertiary/aromatic N) is 6. The first-order valence-corrected chi connectivity index (χ1v) is 13.7. The van der Waals surface area contributed by atoms with Crippen LogP contribution in [0.3, 0.4) is 0 Å². The summed E-state index contributed by atoms with van der Waals surface area (Å²) in [7, 11) is -0.450. The number of hydrogen-bond acceptors (Lipinski definition) is 8. The first-order valence-electron chi connectivity index (χ1n) is 11.5. The third-order valence-electron chi connectivity index (χ3n) is 5.66. The lowest BCUT2D eigenvalue weighted by Gasteiger charge is -2.23. The van der Waals surface area contributed by atoms with Crippen molar-refractivity contribution in [2.45, 2.75) is 4.90 Å². The third-order valence-corrected chi connectivity index (χ3v) is 7.85. The van der Waals surface area contributed by atoms with Crippen LogP contribution in [-0.2, 0) is 14.8 Å². The van der Waals surface area contributed by atoms with E-state index < -0.39 is 22.5 Å². The highest BCUT2D eigenvalue weighted by molar-refractivity contribution is 7.92. The van der Waals surface area contributed by atoms with Crippen molar-refractivity contribution in [2.75, 3.05) is 43.4 Å². The van der Waals surface area contributed by atoms with E-state index in [1.807, 2.05) is 19.0 Å². The second-order valence-corrected chi connectivity index (χ2v) is 11.5. The molecule has 0 fully saturated rings. The number of aliphatic carboxylic acids is 1. The number of likely N-dealkylation sites (N-methyl/N-ethyl adjacent to an activating group) is 1. The van der Waals surface area contributed by atoms with E-state index >= 15 is 0 Å². The van der Waals surface area contributed by atoms with E-state index in [0.29, 0.717) is 29.1 Å². The quantitative estimate of drug-likeness (QED) is 0.282. The van der Waals surface area contributed by atoms with Gasteiger partial charge in [-0.2, -0.15) is 5.26 Å². The van der Waals surface area contributed by atoms with Gasteiger partial charge in [-0.1, -0.05) is 23.2 Å². The second-order valence-electron chi connectivity index (χ2n) is 8.74. The Labute approximate surface area is 234 Å². The van der Waals surface area contributed by atoms with E-state index in [9.17, 15) is 23.6 Å². The summed E-state index contributed by atoms with van der Waals surface area (Å²) in [6.45, 7) is 0.638. The Balaban J connectivity index is 1.75. The SMILES string of the molecule is CN(C)CCNc1ccc(-n2cc(C#N)c3cc(N(CC(=O)O)S(=O)(=O)c4cc(Cl)cc(Cl)c4)ccc32)nn1. The Hall–Kier alpha value is -3.89. The Kier molecular flexibility index (Phi) is 8.27. The number of carboxylic acid groups (broad SMARTS) is 1. The van der Waals surface area contributed by atoms with Gasteiger partial charge in [0.05, 0.1) is 21.7 Å². The smallest absolute Gasteiger partial charge is 0.324 e. The van der Waals surface area contributed by atoms with Crippen molar-refractivity contribution in [3.63, 3.8) is 0 Å². The van der Waals surface area contributed by atoms with E-state index in [1.165, 1.54) is 30.3 Å². The molecule has 4 rings (SSSR count). The molecule has 2 aromatic carbocycles. The Morgan fingerprint density at radius 1 is 1.10 bits per heavy atom. The lowest BCUT2D eigenvalue weighted by atomic mass is 10.1. The Bertz CT molecular complexity index is 1660. The fourth-order valence-corrected chi connectivity index (χ4v) is 5.98. The second kappa shape index (κ2) is 11.5. The summed E-state index contributed by atoms with van der Waals surface area (Å²) >= 11 is 12.0. The van der Waals surface area contributed by atoms with Gasteiger partial charge in [0.1, 0.15) is 18.4 Å². The molecule has 2 heterocycles. The Morgan fingerprint density at radius 3 is 2.41 bits per heavy atom. The number of sulfonamides is 1. The molecule has 11 nitrogen and oxygen atoms in total. The van der Waals surface area contributed by atoms with Gasteiger partial charge < -0.3 is 15.3 Å². The molecule has 2 N–H and O–H groups in total. The van der Waals surface area contributed by atoms with Gasteiger partial charge in [0.25, 0.3) is 10.0 Å². The molecule has 0 bridgehead atoms. The van der Waals surface area contributed by atoms with Crippen LogP contribution in [-0.4, -0.2) is 72.9 Å². The largest absolute Gasteiger partial charge is 0.480 e. The fourth-order valence-electron chi connectivity index (χ4n) is 3.85. The maximum atomic E-state index is 13.5. The number of carboxylic acids is 1. The van der Waals surface area contributed by atoms with Crippen LogP contribution < -0.4 is 9.62 Å². The van der Waals surface area contributed by atoms with Crippen LogP contribution in [0.2, 0.25) is 10.0 Å². The molecular formula is C25H23Cl2N7O4S. The molecule has 0 amide bonds. The van der Waals surface area contributed by atoms with Crippen LogP contribution in [0.1, 0.15) is 5.56 Å². The van der Waals surface area contributed by atoms with Gasteiger partial charge in [0, 0.05) is 34.7 Å². The molecule has 0 spiro atoms. The number of hydrogen-bond donors (Lipinski definition) is 2. The molecule has 0 saturated heterocycles. The van der Waals surface area contributed by atoms with Crippen LogP contribution in [0.4, 0.5) is 11.5 Å². The molecule has 0 aliphatic rings. The number of halogens is 2. The lowest BCUT2D eigenvalue weighted by molar-refractivity contribution is -0.135. The van der Waals surface area contributed by atoms with Gasteiger partial charge in [-0.15, -0.1) is 10.2 Å². The van der Waals surface area contributed by atoms with Gasteiger partial charge in [0.2, 0.25) is 0 Å². The van der Waals surface area contributed by atoms with Gasteiger partial charge >= 0.3 is 5.97 Å². The van der Waals surface area contributed by atoms with E-state index in [-0.39, 0.29) is 26.2 Å². The summed E-state index contributed by atoms with van der Waals surface area (Å²) in [5.41, 5.74) is 0.832. The van der Waals surface area contributed by atoms with Crippen molar-refractivity contribution in [1.29, 1.82) is 5.26 Å². The van der Waals surface area contributed by atoms with Crippen molar-refractivity contribution < 1.29 is 18.3 Å². The summed E-state index contributed by atoms with van der Waals surface area (Å²) < 4.78 is 29.3. The minimum absolute atomic E-state index is 0.0433. The predicted molar refractivity (Wildman–Crippen MR) is 149 cm³/mol. The molecule has 202 valence electrons. The van der Waals surface area contributed by atoms with Crippen molar-refractivity contribution in [2.24, 2.45) is 0 Å². The maximum absolute atomic E-state index is 13.5. The molecular weight excluding hydrogens is 565 g/mol. The molecule has 0 aliphatic heterocycles. The number of nitriles is 1. The number of rotatable bonds is 10. The number of fused-ring (bicyclic) bond motifs is 1. The predicted octanol–water partition coefficient (Wildman–Crippen LogP) is 3.85.